The van der Waals surface area contributed by atoms with Crippen molar-refractivity contribution in [3.63, 3.8) is 0 Å². The summed E-state index contributed by atoms with van der Waals surface area (Å²) in [5, 5.41) is 14.8. The molecule has 7 heteroatoms. The van der Waals surface area contributed by atoms with Crippen molar-refractivity contribution in [1.29, 1.82) is 0 Å². The molecule has 0 atom stereocenters. The fourth-order valence-corrected chi connectivity index (χ4v) is 1.99. The Labute approximate surface area is 131 Å². The van der Waals surface area contributed by atoms with Gasteiger partial charge in [0.05, 0.1) is 15.7 Å². The molecular formula is C14H11Cl2N3O2. The molecule has 0 radical (unpaired) electrons. The maximum absolute atomic E-state index is 12.1. The Morgan fingerprint density at radius 1 is 1.10 bits per heavy atom. The molecule has 2 rings (SSSR count). The Morgan fingerprint density at radius 2 is 1.71 bits per heavy atom. The number of amidine groups is 1. The summed E-state index contributed by atoms with van der Waals surface area (Å²) in [4.78, 5) is 12.1. The molecule has 0 bridgehead atoms. The van der Waals surface area contributed by atoms with Crippen LogP contribution in [0.2, 0.25) is 10.0 Å². The summed E-state index contributed by atoms with van der Waals surface area (Å²) in [5.41, 5.74) is 6.79. The van der Waals surface area contributed by atoms with Gasteiger partial charge < -0.3 is 16.3 Å². The summed E-state index contributed by atoms with van der Waals surface area (Å²) in [6.45, 7) is 0. The van der Waals surface area contributed by atoms with Crippen LogP contribution in [0.1, 0.15) is 15.9 Å². The lowest BCUT2D eigenvalue weighted by Crippen LogP contribution is -2.15. The molecule has 0 unspecified atom stereocenters. The second-order valence-corrected chi connectivity index (χ2v) is 4.90. The highest BCUT2D eigenvalue weighted by Gasteiger charge is 2.10. The van der Waals surface area contributed by atoms with E-state index in [-0.39, 0.29) is 16.8 Å². The number of amides is 1. The van der Waals surface area contributed by atoms with Gasteiger partial charge in [-0.15, -0.1) is 0 Å². The summed E-state index contributed by atoms with van der Waals surface area (Å²) in [6.07, 6.45) is 0. The maximum Gasteiger partial charge on any atom is 0.255 e. The first-order valence-electron chi connectivity index (χ1n) is 5.86. The molecule has 0 spiro atoms. The molecule has 4 N–H and O–H groups in total. The van der Waals surface area contributed by atoms with Crippen molar-refractivity contribution in [2.75, 3.05) is 5.32 Å². The van der Waals surface area contributed by atoms with Gasteiger partial charge in [0.1, 0.15) is 0 Å². The van der Waals surface area contributed by atoms with Crippen molar-refractivity contribution < 1.29 is 10.0 Å². The Hall–Kier alpha value is -2.24. The Morgan fingerprint density at radius 3 is 2.33 bits per heavy atom. The third-order valence-electron chi connectivity index (χ3n) is 2.75. The number of hydrogen-bond acceptors (Lipinski definition) is 3. The third kappa shape index (κ3) is 3.45. The lowest BCUT2D eigenvalue weighted by Gasteiger charge is -2.08. The second-order valence-electron chi connectivity index (χ2n) is 4.12. The SMILES string of the molecule is N/C(=N\O)c1ccc(C(=O)Nc2cccc(Cl)c2Cl)cc1. The van der Waals surface area contributed by atoms with Crippen LogP contribution in [-0.4, -0.2) is 17.0 Å². The fourth-order valence-electron chi connectivity index (χ4n) is 1.64. The first-order valence-corrected chi connectivity index (χ1v) is 6.62. The minimum atomic E-state index is -0.342. The average Bonchev–Trinajstić information content (AvgIpc) is 2.51. The molecule has 0 aliphatic carbocycles. The van der Waals surface area contributed by atoms with Crippen molar-refractivity contribution in [1.82, 2.24) is 0 Å². The van der Waals surface area contributed by atoms with Crippen molar-refractivity contribution in [3.8, 4) is 0 Å². The first-order chi connectivity index (χ1) is 10.0. The van der Waals surface area contributed by atoms with E-state index < -0.39 is 0 Å². The summed E-state index contributed by atoms with van der Waals surface area (Å²) in [5.74, 6) is -0.370. The number of hydrogen-bond donors (Lipinski definition) is 3. The molecule has 2 aromatic rings. The normalized spacial score (nSPS) is 11.2. The van der Waals surface area contributed by atoms with Gasteiger partial charge in [-0.25, -0.2) is 0 Å². The molecule has 0 saturated heterocycles. The fraction of sp³-hybridized carbons (Fsp3) is 0. The number of nitrogens with one attached hydrogen (secondary N) is 1. The molecule has 21 heavy (non-hydrogen) atoms. The van der Waals surface area contributed by atoms with Gasteiger partial charge in [-0.3, -0.25) is 4.79 Å². The van der Waals surface area contributed by atoms with E-state index in [9.17, 15) is 4.79 Å². The van der Waals surface area contributed by atoms with E-state index in [1.165, 1.54) is 0 Å². The number of benzene rings is 2. The third-order valence-corrected chi connectivity index (χ3v) is 3.57. The Kier molecular flexibility index (Phi) is 4.67. The van der Waals surface area contributed by atoms with Crippen molar-refractivity contribution in [3.05, 3.63) is 63.6 Å². The topological polar surface area (TPSA) is 87.7 Å². The van der Waals surface area contributed by atoms with Gasteiger partial charge in [-0.2, -0.15) is 0 Å². The van der Waals surface area contributed by atoms with Crippen LogP contribution in [0.5, 0.6) is 0 Å². The largest absolute Gasteiger partial charge is 0.409 e. The second kappa shape index (κ2) is 6.47. The summed E-state index contributed by atoms with van der Waals surface area (Å²) in [6, 6.07) is 11.2. The van der Waals surface area contributed by atoms with Gasteiger partial charge >= 0.3 is 0 Å². The Bertz CT molecular complexity index is 700. The van der Waals surface area contributed by atoms with Crippen molar-refractivity contribution in [2.45, 2.75) is 0 Å². The lowest BCUT2D eigenvalue weighted by molar-refractivity contribution is 0.102. The predicted octanol–water partition coefficient (Wildman–Crippen LogP) is 3.34. The van der Waals surface area contributed by atoms with Crippen LogP contribution >= 0.6 is 23.2 Å². The zero-order valence-electron chi connectivity index (χ0n) is 10.7. The Balaban J connectivity index is 2.19. The summed E-state index contributed by atoms with van der Waals surface area (Å²) < 4.78 is 0. The van der Waals surface area contributed by atoms with Crippen LogP contribution in [-0.2, 0) is 0 Å². The first kappa shape index (κ1) is 15.2. The zero-order valence-corrected chi connectivity index (χ0v) is 12.2. The highest BCUT2D eigenvalue weighted by atomic mass is 35.5. The average molecular weight is 324 g/mol. The number of nitrogens with two attached hydrogens (primary N) is 1. The van der Waals surface area contributed by atoms with Gasteiger partial charge in [-0.05, 0) is 24.3 Å². The molecular weight excluding hydrogens is 313 g/mol. The quantitative estimate of drug-likeness (QED) is 0.350. The standard InChI is InChI=1S/C14H11Cl2N3O2/c15-10-2-1-3-11(12(10)16)18-14(20)9-6-4-8(5-7-9)13(17)19-21/h1-7,21H,(H2,17,19)(H,18,20). The van der Waals surface area contributed by atoms with E-state index in [0.717, 1.165) is 0 Å². The molecule has 0 aliphatic heterocycles. The van der Waals surface area contributed by atoms with Crippen molar-refractivity contribution in [2.24, 2.45) is 10.9 Å². The maximum atomic E-state index is 12.1. The monoisotopic (exact) mass is 323 g/mol. The van der Waals surface area contributed by atoms with E-state index in [0.29, 0.717) is 21.8 Å². The van der Waals surface area contributed by atoms with E-state index >= 15 is 0 Å². The zero-order chi connectivity index (χ0) is 15.4. The number of anilines is 1. The number of carbonyl (C=O) groups excluding carboxylic acids is 1. The molecule has 0 aromatic heterocycles. The van der Waals surface area contributed by atoms with E-state index in [2.05, 4.69) is 10.5 Å². The summed E-state index contributed by atoms with van der Waals surface area (Å²) in [7, 11) is 0. The van der Waals surface area contributed by atoms with Crippen LogP contribution in [0.15, 0.2) is 47.6 Å². The van der Waals surface area contributed by atoms with Crippen LogP contribution in [0.25, 0.3) is 0 Å². The highest BCUT2D eigenvalue weighted by Crippen LogP contribution is 2.29. The molecule has 0 heterocycles. The molecule has 1 amide bonds. The number of carbonyl (C=O) groups is 1. The van der Waals surface area contributed by atoms with E-state index in [1.54, 1.807) is 42.5 Å². The van der Waals surface area contributed by atoms with Gasteiger partial charge in [0.15, 0.2) is 5.84 Å². The summed E-state index contributed by atoms with van der Waals surface area (Å²) >= 11 is 11.9. The minimum absolute atomic E-state index is 0.0279. The van der Waals surface area contributed by atoms with Crippen LogP contribution < -0.4 is 11.1 Å². The van der Waals surface area contributed by atoms with Crippen molar-refractivity contribution >= 4 is 40.6 Å². The molecule has 5 nitrogen and oxygen atoms in total. The smallest absolute Gasteiger partial charge is 0.255 e. The number of rotatable bonds is 3. The van der Waals surface area contributed by atoms with Crippen LogP contribution in [0.4, 0.5) is 5.69 Å². The van der Waals surface area contributed by atoms with Gasteiger partial charge in [-0.1, -0.05) is 46.6 Å². The van der Waals surface area contributed by atoms with E-state index in [1.807, 2.05) is 0 Å². The predicted molar refractivity (Wildman–Crippen MR) is 83.4 cm³/mol. The minimum Gasteiger partial charge on any atom is -0.409 e. The number of halogens is 2. The van der Waals surface area contributed by atoms with Gasteiger partial charge in [0, 0.05) is 11.1 Å². The van der Waals surface area contributed by atoms with Gasteiger partial charge in [0.2, 0.25) is 0 Å². The number of nitrogens with zero attached hydrogens (tertiary/aromatic N) is 1. The molecule has 0 aliphatic rings. The molecule has 0 fully saturated rings. The highest BCUT2D eigenvalue weighted by molar-refractivity contribution is 6.44. The number of oxime groups is 1. The van der Waals surface area contributed by atoms with E-state index in [4.69, 9.17) is 34.1 Å². The van der Waals surface area contributed by atoms with Crippen LogP contribution in [0.3, 0.4) is 0 Å². The van der Waals surface area contributed by atoms with Crippen LogP contribution in [0, 0.1) is 0 Å². The molecule has 0 saturated carbocycles. The lowest BCUT2D eigenvalue weighted by atomic mass is 10.1. The van der Waals surface area contributed by atoms with Gasteiger partial charge in [0.25, 0.3) is 5.91 Å². The molecule has 2 aromatic carbocycles. The molecule has 108 valence electrons.